The molecule has 3 aromatic heterocycles. The van der Waals surface area contributed by atoms with Crippen LogP contribution in [0.25, 0.3) is 22.8 Å². The number of aromatic nitrogens is 3. The zero-order valence-corrected chi connectivity index (χ0v) is 12.5. The van der Waals surface area contributed by atoms with E-state index in [1.165, 1.54) is 19.3 Å². The Morgan fingerprint density at radius 3 is 2.70 bits per heavy atom. The van der Waals surface area contributed by atoms with E-state index in [1.54, 1.807) is 25.1 Å². The molecule has 1 amide bonds. The molecule has 1 atom stereocenters. The largest absolute Gasteiger partial charge is 0.463 e. The zero-order chi connectivity index (χ0) is 16.6. The van der Waals surface area contributed by atoms with Crippen LogP contribution in [0, 0.1) is 6.92 Å². The number of rotatable bonds is 4. The Morgan fingerprint density at radius 1 is 1.35 bits per heavy atom. The quantitative estimate of drug-likeness (QED) is 0.780. The van der Waals surface area contributed by atoms with E-state index >= 15 is 0 Å². The molecular formula is C15H14N4O4. The molecule has 0 saturated heterocycles. The van der Waals surface area contributed by atoms with Crippen LogP contribution in [-0.2, 0) is 4.79 Å². The Bertz CT molecular complexity index is 908. The molecule has 23 heavy (non-hydrogen) atoms. The van der Waals surface area contributed by atoms with Crippen LogP contribution in [0.5, 0.6) is 0 Å². The number of primary amides is 1. The van der Waals surface area contributed by atoms with Crippen molar-refractivity contribution in [1.29, 1.82) is 0 Å². The molecule has 3 heterocycles. The summed E-state index contributed by atoms with van der Waals surface area (Å²) in [5.41, 5.74) is 6.25. The average Bonchev–Trinajstić information content (AvgIpc) is 3.17. The van der Waals surface area contributed by atoms with Gasteiger partial charge in [0.1, 0.15) is 11.7 Å². The van der Waals surface area contributed by atoms with Gasteiger partial charge in [0.15, 0.2) is 11.5 Å². The smallest absolute Gasteiger partial charge is 0.268 e. The van der Waals surface area contributed by atoms with Crippen molar-refractivity contribution in [3.63, 3.8) is 0 Å². The molecule has 8 nitrogen and oxygen atoms in total. The third-order valence-electron chi connectivity index (χ3n) is 3.38. The summed E-state index contributed by atoms with van der Waals surface area (Å²) in [6.07, 6.45) is 1.49. The zero-order valence-electron chi connectivity index (χ0n) is 12.5. The van der Waals surface area contributed by atoms with Gasteiger partial charge in [0.05, 0.1) is 17.5 Å². The number of furan rings is 1. The molecule has 118 valence electrons. The topological polar surface area (TPSA) is 117 Å². The molecule has 3 rings (SSSR count). The van der Waals surface area contributed by atoms with Crippen molar-refractivity contribution in [2.75, 3.05) is 0 Å². The van der Waals surface area contributed by atoms with E-state index in [9.17, 15) is 9.59 Å². The molecule has 0 radical (unpaired) electrons. The third-order valence-corrected chi connectivity index (χ3v) is 3.38. The average molecular weight is 314 g/mol. The van der Waals surface area contributed by atoms with E-state index in [0.29, 0.717) is 28.5 Å². The third kappa shape index (κ3) is 2.66. The molecule has 0 aromatic carbocycles. The SMILES string of the molecule is Cc1cc(-c2cc(=O)n(C(C)C(N)=O)nc2-c2ccco2)on1. The normalized spacial score (nSPS) is 12.3. The Kier molecular flexibility index (Phi) is 3.57. The highest BCUT2D eigenvalue weighted by molar-refractivity contribution is 5.78. The van der Waals surface area contributed by atoms with Crippen molar-refractivity contribution in [1.82, 2.24) is 14.9 Å². The second-order valence-electron chi connectivity index (χ2n) is 5.08. The highest BCUT2D eigenvalue weighted by Gasteiger charge is 2.21. The highest BCUT2D eigenvalue weighted by Crippen LogP contribution is 2.30. The number of hydrogen-bond donors (Lipinski definition) is 1. The van der Waals surface area contributed by atoms with Crippen LogP contribution in [0.3, 0.4) is 0 Å². The monoisotopic (exact) mass is 314 g/mol. The van der Waals surface area contributed by atoms with Crippen LogP contribution in [0.2, 0.25) is 0 Å². The van der Waals surface area contributed by atoms with Gasteiger partial charge in [-0.2, -0.15) is 5.10 Å². The minimum absolute atomic E-state index is 0.360. The lowest BCUT2D eigenvalue weighted by atomic mass is 10.1. The van der Waals surface area contributed by atoms with Gasteiger partial charge in [0.25, 0.3) is 5.56 Å². The summed E-state index contributed by atoms with van der Waals surface area (Å²) in [5.74, 6) is 0.158. The molecule has 0 fully saturated rings. The molecule has 1 unspecified atom stereocenters. The first-order valence-corrected chi connectivity index (χ1v) is 6.88. The molecule has 0 aliphatic carbocycles. The summed E-state index contributed by atoms with van der Waals surface area (Å²) in [4.78, 5) is 23.7. The summed E-state index contributed by atoms with van der Waals surface area (Å²) in [6.45, 7) is 3.27. The summed E-state index contributed by atoms with van der Waals surface area (Å²) < 4.78 is 11.6. The van der Waals surface area contributed by atoms with Crippen molar-refractivity contribution in [3.8, 4) is 22.8 Å². The van der Waals surface area contributed by atoms with Crippen LogP contribution in [-0.4, -0.2) is 20.8 Å². The van der Waals surface area contributed by atoms with E-state index in [2.05, 4.69) is 10.3 Å². The van der Waals surface area contributed by atoms with E-state index in [-0.39, 0.29) is 0 Å². The molecular weight excluding hydrogens is 300 g/mol. The number of amides is 1. The van der Waals surface area contributed by atoms with Crippen LogP contribution < -0.4 is 11.3 Å². The lowest BCUT2D eigenvalue weighted by Crippen LogP contribution is -2.34. The van der Waals surface area contributed by atoms with Crippen molar-refractivity contribution in [2.24, 2.45) is 5.73 Å². The molecule has 0 saturated carbocycles. The lowest BCUT2D eigenvalue weighted by Gasteiger charge is -2.12. The second kappa shape index (κ2) is 5.56. The fraction of sp³-hybridized carbons (Fsp3) is 0.200. The minimum Gasteiger partial charge on any atom is -0.463 e. The first-order chi connectivity index (χ1) is 11.0. The van der Waals surface area contributed by atoms with Crippen LogP contribution in [0.4, 0.5) is 0 Å². The minimum atomic E-state index is -0.887. The molecule has 0 spiro atoms. The lowest BCUT2D eigenvalue weighted by molar-refractivity contribution is -0.121. The van der Waals surface area contributed by atoms with Crippen LogP contribution in [0.1, 0.15) is 18.7 Å². The Hall–Kier alpha value is -3.16. The van der Waals surface area contributed by atoms with Gasteiger partial charge in [-0.1, -0.05) is 5.16 Å². The molecule has 0 bridgehead atoms. The number of carbonyl (C=O) groups excluding carboxylic acids is 1. The summed E-state index contributed by atoms with van der Waals surface area (Å²) in [5, 5.41) is 8.06. The maximum atomic E-state index is 12.3. The first kappa shape index (κ1) is 14.8. The molecule has 2 N–H and O–H groups in total. The van der Waals surface area contributed by atoms with Crippen molar-refractivity contribution >= 4 is 5.91 Å². The second-order valence-corrected chi connectivity index (χ2v) is 5.08. The first-order valence-electron chi connectivity index (χ1n) is 6.88. The number of nitrogens with zero attached hydrogens (tertiary/aromatic N) is 3. The van der Waals surface area contributed by atoms with Crippen molar-refractivity contribution in [2.45, 2.75) is 19.9 Å². The van der Waals surface area contributed by atoms with Gasteiger partial charge in [-0.15, -0.1) is 0 Å². The standard InChI is InChI=1S/C15H14N4O4/c1-8-6-12(23-18-8)10-7-13(20)19(9(2)15(16)21)17-14(10)11-4-3-5-22-11/h3-7,9H,1-2H3,(H2,16,21). The summed E-state index contributed by atoms with van der Waals surface area (Å²) in [7, 11) is 0. The van der Waals surface area contributed by atoms with E-state index in [0.717, 1.165) is 4.68 Å². The molecule has 0 aliphatic heterocycles. The van der Waals surface area contributed by atoms with Gasteiger partial charge in [0.2, 0.25) is 5.91 Å². The summed E-state index contributed by atoms with van der Waals surface area (Å²) in [6, 6.07) is 5.51. The number of nitrogens with two attached hydrogens (primary N) is 1. The van der Waals surface area contributed by atoms with E-state index in [4.69, 9.17) is 14.7 Å². The van der Waals surface area contributed by atoms with Gasteiger partial charge in [-0.25, -0.2) is 4.68 Å². The Morgan fingerprint density at radius 2 is 2.13 bits per heavy atom. The van der Waals surface area contributed by atoms with Crippen molar-refractivity contribution in [3.05, 3.63) is 46.6 Å². The van der Waals surface area contributed by atoms with Crippen LogP contribution in [0.15, 0.2) is 44.3 Å². The predicted octanol–water partition coefficient (Wildman–Crippen LogP) is 1.51. The van der Waals surface area contributed by atoms with Gasteiger partial charge >= 0.3 is 0 Å². The molecule has 0 aliphatic rings. The Balaban J connectivity index is 2.26. The number of hydrogen-bond acceptors (Lipinski definition) is 6. The number of carbonyl (C=O) groups is 1. The van der Waals surface area contributed by atoms with E-state index < -0.39 is 17.5 Å². The van der Waals surface area contributed by atoms with Gasteiger partial charge in [-0.05, 0) is 26.0 Å². The van der Waals surface area contributed by atoms with Gasteiger partial charge in [-0.3, -0.25) is 9.59 Å². The Labute approximate surface area is 130 Å². The van der Waals surface area contributed by atoms with Gasteiger partial charge < -0.3 is 14.7 Å². The fourth-order valence-electron chi connectivity index (χ4n) is 2.14. The fourth-order valence-corrected chi connectivity index (χ4v) is 2.14. The summed E-state index contributed by atoms with van der Waals surface area (Å²) >= 11 is 0. The van der Waals surface area contributed by atoms with Crippen molar-refractivity contribution < 1.29 is 13.7 Å². The molecule has 3 aromatic rings. The highest BCUT2D eigenvalue weighted by atomic mass is 16.5. The van der Waals surface area contributed by atoms with Gasteiger partial charge in [0, 0.05) is 12.1 Å². The molecule has 8 heteroatoms. The maximum absolute atomic E-state index is 12.3. The predicted molar refractivity (Wildman–Crippen MR) is 80.3 cm³/mol. The maximum Gasteiger partial charge on any atom is 0.268 e. The number of aryl methyl sites for hydroxylation is 1. The van der Waals surface area contributed by atoms with E-state index in [1.807, 2.05) is 0 Å². The van der Waals surface area contributed by atoms with Crippen LogP contribution >= 0.6 is 0 Å².